The molecule has 6 heteroatoms. The van der Waals surface area contributed by atoms with Crippen LogP contribution in [0.5, 0.6) is 0 Å². The van der Waals surface area contributed by atoms with Gasteiger partial charge in [0.15, 0.2) is 0 Å². The molecule has 0 aliphatic carbocycles. The number of rotatable bonds is 8. The molecule has 0 bridgehead atoms. The highest BCUT2D eigenvalue weighted by Crippen LogP contribution is 2.20. The van der Waals surface area contributed by atoms with E-state index < -0.39 is 10.0 Å². The number of anilines is 1. The van der Waals surface area contributed by atoms with Crippen LogP contribution >= 0.6 is 0 Å². The predicted molar refractivity (Wildman–Crippen MR) is 110 cm³/mol. The minimum atomic E-state index is -3.61. The number of nitrogens with one attached hydrogen (secondary N) is 1. The molecule has 1 N–H and O–H groups in total. The van der Waals surface area contributed by atoms with Crippen molar-refractivity contribution in [2.24, 2.45) is 0 Å². The minimum absolute atomic E-state index is 0.150. The van der Waals surface area contributed by atoms with Crippen molar-refractivity contribution in [3.63, 3.8) is 0 Å². The normalized spacial score (nSPS) is 11.6. The van der Waals surface area contributed by atoms with Gasteiger partial charge >= 0.3 is 0 Å². The largest absolute Gasteiger partial charge is 0.322 e. The van der Waals surface area contributed by atoms with Crippen LogP contribution in [0.25, 0.3) is 0 Å². The molecule has 0 unspecified atom stereocenters. The SMILES string of the molecule is CCCN(CCC)S(=O)(=O)c1cccc(C(=O)Nc2ccc(C)c(C)c2)c1. The lowest BCUT2D eigenvalue weighted by Crippen LogP contribution is -2.32. The Morgan fingerprint density at radius 1 is 0.963 bits per heavy atom. The van der Waals surface area contributed by atoms with Crippen molar-refractivity contribution in [2.75, 3.05) is 18.4 Å². The third-order valence-corrected chi connectivity index (χ3v) is 6.34. The number of hydrogen-bond donors (Lipinski definition) is 1. The third kappa shape index (κ3) is 5.17. The van der Waals surface area contributed by atoms with Gasteiger partial charge in [0.1, 0.15) is 0 Å². The van der Waals surface area contributed by atoms with Crippen molar-refractivity contribution in [1.29, 1.82) is 0 Å². The zero-order valence-corrected chi connectivity index (χ0v) is 17.3. The van der Waals surface area contributed by atoms with Crippen LogP contribution < -0.4 is 5.32 Å². The van der Waals surface area contributed by atoms with E-state index in [1.807, 2.05) is 45.9 Å². The summed E-state index contributed by atoms with van der Waals surface area (Å²) in [6.07, 6.45) is 1.48. The van der Waals surface area contributed by atoms with Crippen LogP contribution in [-0.4, -0.2) is 31.7 Å². The Morgan fingerprint density at radius 3 is 2.22 bits per heavy atom. The maximum Gasteiger partial charge on any atom is 0.255 e. The molecule has 1 amide bonds. The van der Waals surface area contributed by atoms with Crippen molar-refractivity contribution in [3.05, 3.63) is 59.2 Å². The van der Waals surface area contributed by atoms with Gasteiger partial charge in [0, 0.05) is 24.3 Å². The quantitative estimate of drug-likeness (QED) is 0.730. The summed E-state index contributed by atoms with van der Waals surface area (Å²) in [4.78, 5) is 12.7. The lowest BCUT2D eigenvalue weighted by molar-refractivity contribution is 0.102. The first kappa shape index (κ1) is 21.1. The van der Waals surface area contributed by atoms with Crippen molar-refractivity contribution < 1.29 is 13.2 Å². The van der Waals surface area contributed by atoms with Crippen LogP contribution in [0, 0.1) is 13.8 Å². The molecule has 27 heavy (non-hydrogen) atoms. The number of aryl methyl sites for hydroxylation is 2. The van der Waals surface area contributed by atoms with Crippen LogP contribution in [0.3, 0.4) is 0 Å². The van der Waals surface area contributed by atoms with E-state index in [1.54, 1.807) is 18.2 Å². The number of benzene rings is 2. The summed E-state index contributed by atoms with van der Waals surface area (Å²) in [5.74, 6) is -0.326. The minimum Gasteiger partial charge on any atom is -0.322 e. The average molecular weight is 389 g/mol. The number of sulfonamides is 1. The Bertz CT molecular complexity index is 901. The van der Waals surface area contributed by atoms with E-state index in [1.165, 1.54) is 10.4 Å². The lowest BCUT2D eigenvalue weighted by Gasteiger charge is -2.21. The molecular weight excluding hydrogens is 360 g/mol. The molecule has 146 valence electrons. The van der Waals surface area contributed by atoms with E-state index in [9.17, 15) is 13.2 Å². The molecular formula is C21H28N2O3S. The zero-order chi connectivity index (χ0) is 20.0. The first-order valence-electron chi connectivity index (χ1n) is 9.28. The molecule has 2 rings (SSSR count). The Kier molecular flexibility index (Phi) is 7.16. The van der Waals surface area contributed by atoms with E-state index in [-0.39, 0.29) is 10.8 Å². The number of carbonyl (C=O) groups excluding carboxylic acids is 1. The van der Waals surface area contributed by atoms with Gasteiger partial charge in [0.25, 0.3) is 5.91 Å². The summed E-state index contributed by atoms with van der Waals surface area (Å²) in [6, 6.07) is 11.9. The van der Waals surface area contributed by atoms with E-state index in [0.29, 0.717) is 24.3 Å². The van der Waals surface area contributed by atoms with Crippen molar-refractivity contribution in [3.8, 4) is 0 Å². The maximum atomic E-state index is 12.9. The summed E-state index contributed by atoms with van der Waals surface area (Å²) in [6.45, 7) is 8.82. The summed E-state index contributed by atoms with van der Waals surface area (Å²) < 4.78 is 27.3. The van der Waals surface area contributed by atoms with Gasteiger partial charge in [-0.1, -0.05) is 26.0 Å². The average Bonchev–Trinajstić information content (AvgIpc) is 2.64. The zero-order valence-electron chi connectivity index (χ0n) is 16.5. The molecule has 0 heterocycles. The summed E-state index contributed by atoms with van der Waals surface area (Å²) >= 11 is 0. The van der Waals surface area contributed by atoms with Gasteiger partial charge in [-0.05, 0) is 68.1 Å². The molecule has 0 saturated carbocycles. The van der Waals surface area contributed by atoms with Gasteiger partial charge in [0.05, 0.1) is 4.90 Å². The van der Waals surface area contributed by atoms with E-state index in [4.69, 9.17) is 0 Å². The second-order valence-corrected chi connectivity index (χ2v) is 8.62. The molecule has 0 aromatic heterocycles. The topological polar surface area (TPSA) is 66.5 Å². The first-order valence-corrected chi connectivity index (χ1v) is 10.7. The summed E-state index contributed by atoms with van der Waals surface area (Å²) in [5.41, 5.74) is 3.24. The smallest absolute Gasteiger partial charge is 0.255 e. The first-order chi connectivity index (χ1) is 12.8. The molecule has 2 aromatic carbocycles. The monoisotopic (exact) mass is 388 g/mol. The second kappa shape index (κ2) is 9.15. The molecule has 5 nitrogen and oxygen atoms in total. The summed E-state index contributed by atoms with van der Waals surface area (Å²) in [7, 11) is -3.61. The van der Waals surface area contributed by atoms with E-state index >= 15 is 0 Å². The van der Waals surface area contributed by atoms with Crippen molar-refractivity contribution in [2.45, 2.75) is 45.4 Å². The van der Waals surface area contributed by atoms with E-state index in [2.05, 4.69) is 5.32 Å². The van der Waals surface area contributed by atoms with Crippen LogP contribution in [0.4, 0.5) is 5.69 Å². The second-order valence-electron chi connectivity index (χ2n) is 6.69. The Morgan fingerprint density at radius 2 is 1.63 bits per heavy atom. The molecule has 0 radical (unpaired) electrons. The number of hydrogen-bond acceptors (Lipinski definition) is 3. The van der Waals surface area contributed by atoms with Crippen LogP contribution in [0.1, 0.15) is 48.2 Å². The highest BCUT2D eigenvalue weighted by atomic mass is 32.2. The molecule has 0 fully saturated rings. The van der Waals surface area contributed by atoms with Gasteiger partial charge in [0.2, 0.25) is 10.0 Å². The number of nitrogens with zero attached hydrogens (tertiary/aromatic N) is 1. The lowest BCUT2D eigenvalue weighted by atomic mass is 10.1. The molecule has 0 saturated heterocycles. The maximum absolute atomic E-state index is 12.9. The van der Waals surface area contributed by atoms with Gasteiger partial charge in [-0.3, -0.25) is 4.79 Å². The van der Waals surface area contributed by atoms with Gasteiger partial charge in [-0.2, -0.15) is 4.31 Å². The van der Waals surface area contributed by atoms with Crippen molar-refractivity contribution in [1.82, 2.24) is 4.31 Å². The van der Waals surface area contributed by atoms with Crippen LogP contribution in [0.2, 0.25) is 0 Å². The fourth-order valence-corrected chi connectivity index (χ4v) is 4.49. The Labute approximate surface area is 162 Å². The fourth-order valence-electron chi connectivity index (χ4n) is 2.82. The van der Waals surface area contributed by atoms with Crippen LogP contribution in [-0.2, 0) is 10.0 Å². The predicted octanol–water partition coefficient (Wildman–Crippen LogP) is 4.37. The van der Waals surface area contributed by atoms with Gasteiger partial charge in [-0.25, -0.2) is 8.42 Å². The Hall–Kier alpha value is -2.18. The van der Waals surface area contributed by atoms with Crippen molar-refractivity contribution >= 4 is 21.6 Å². The highest BCUT2D eigenvalue weighted by Gasteiger charge is 2.24. The van der Waals surface area contributed by atoms with Gasteiger partial charge in [-0.15, -0.1) is 0 Å². The molecule has 0 spiro atoms. The Balaban J connectivity index is 2.27. The fraction of sp³-hybridized carbons (Fsp3) is 0.381. The third-order valence-electron chi connectivity index (χ3n) is 4.44. The number of carbonyl (C=O) groups is 1. The standard InChI is InChI=1S/C21H28N2O3S/c1-5-12-23(13-6-2)27(25,26)20-9-7-8-18(15-20)21(24)22-19-11-10-16(3)17(4)14-19/h7-11,14-15H,5-6,12-13H2,1-4H3,(H,22,24). The van der Waals surface area contributed by atoms with E-state index in [0.717, 1.165) is 24.0 Å². The molecule has 0 atom stereocenters. The molecule has 0 aliphatic heterocycles. The summed E-state index contributed by atoms with van der Waals surface area (Å²) in [5, 5.41) is 2.84. The number of amides is 1. The molecule has 2 aromatic rings. The van der Waals surface area contributed by atoms with Gasteiger partial charge < -0.3 is 5.32 Å². The highest BCUT2D eigenvalue weighted by molar-refractivity contribution is 7.89. The molecule has 0 aliphatic rings. The van der Waals surface area contributed by atoms with Crippen LogP contribution in [0.15, 0.2) is 47.4 Å².